The summed E-state index contributed by atoms with van der Waals surface area (Å²) in [5, 5.41) is 9.67. The van der Waals surface area contributed by atoms with Gasteiger partial charge in [-0.3, -0.25) is 4.99 Å². The molecule has 5 nitrogen and oxygen atoms in total. The molecule has 0 spiro atoms. The van der Waals surface area contributed by atoms with Gasteiger partial charge in [-0.25, -0.2) is 0 Å². The summed E-state index contributed by atoms with van der Waals surface area (Å²) in [6.45, 7) is 0. The lowest BCUT2D eigenvalue weighted by Crippen LogP contribution is -2.15. The van der Waals surface area contributed by atoms with Crippen LogP contribution in [-0.4, -0.2) is 16.2 Å². The van der Waals surface area contributed by atoms with Crippen LogP contribution in [0.15, 0.2) is 209 Å². The molecule has 0 fully saturated rings. The first-order valence-corrected chi connectivity index (χ1v) is 18.9. The van der Waals surface area contributed by atoms with E-state index in [2.05, 4.69) is 150 Å². The Balaban J connectivity index is 0.947. The van der Waals surface area contributed by atoms with E-state index < -0.39 is 0 Å². The van der Waals surface area contributed by atoms with E-state index in [4.69, 9.17) is 19.7 Å². The van der Waals surface area contributed by atoms with Crippen LogP contribution in [0.1, 0.15) is 22.9 Å². The number of hydrogen-bond donors (Lipinski definition) is 0. The van der Waals surface area contributed by atoms with Gasteiger partial charge in [-0.15, -0.1) is 0 Å². The number of benzene rings is 8. The second-order valence-corrected chi connectivity index (χ2v) is 14.2. The molecule has 1 atom stereocenters. The molecule has 2 aromatic heterocycles. The lowest BCUT2D eigenvalue weighted by atomic mass is 9.96. The van der Waals surface area contributed by atoms with Crippen LogP contribution in [0.3, 0.4) is 0 Å². The molecule has 56 heavy (non-hydrogen) atoms. The quantitative estimate of drug-likeness (QED) is 0.169. The van der Waals surface area contributed by atoms with Gasteiger partial charge in [0.05, 0.1) is 23.0 Å². The van der Waals surface area contributed by atoms with Crippen LogP contribution in [0, 0.1) is 0 Å². The summed E-state index contributed by atoms with van der Waals surface area (Å²) in [6, 6.07) is 67.7. The largest absolute Gasteiger partial charge is 0.456 e. The lowest BCUT2D eigenvalue weighted by molar-refractivity contribution is 0.669. The van der Waals surface area contributed by atoms with Crippen molar-refractivity contribution in [3.05, 3.63) is 216 Å². The average molecular weight is 718 g/mol. The predicted octanol–water partition coefficient (Wildman–Crippen LogP) is 13.3. The highest BCUT2D eigenvalue weighted by atomic mass is 16.3. The molecule has 5 heteroatoms. The highest BCUT2D eigenvalue weighted by Crippen LogP contribution is 2.41. The van der Waals surface area contributed by atoms with Crippen molar-refractivity contribution in [3.8, 4) is 27.9 Å². The van der Waals surface area contributed by atoms with Crippen molar-refractivity contribution >= 4 is 55.4 Å². The Kier molecular flexibility index (Phi) is 7.49. The zero-order valence-electron chi connectivity index (χ0n) is 30.2. The molecule has 10 aromatic rings. The zero-order chi connectivity index (χ0) is 37.0. The number of furan rings is 1. The van der Waals surface area contributed by atoms with E-state index in [-0.39, 0.29) is 6.17 Å². The second kappa shape index (κ2) is 13.1. The first-order chi connectivity index (χ1) is 27.7. The van der Waals surface area contributed by atoms with Crippen LogP contribution in [0.5, 0.6) is 0 Å². The average Bonchev–Trinajstić information content (AvgIpc) is 3.82. The van der Waals surface area contributed by atoms with Gasteiger partial charge < -0.3 is 19.3 Å². The normalized spacial score (nSPS) is 14.2. The van der Waals surface area contributed by atoms with Crippen molar-refractivity contribution in [1.82, 2.24) is 4.57 Å². The summed E-state index contributed by atoms with van der Waals surface area (Å²) >= 11 is 0. The number of aromatic nitrogens is 1. The van der Waals surface area contributed by atoms with Gasteiger partial charge >= 0.3 is 0 Å². The van der Waals surface area contributed by atoms with Gasteiger partial charge in [0.15, 0.2) is 0 Å². The van der Waals surface area contributed by atoms with Crippen molar-refractivity contribution in [2.24, 2.45) is 9.98 Å². The molecule has 0 aliphatic carbocycles. The van der Waals surface area contributed by atoms with Crippen LogP contribution >= 0.6 is 0 Å². The monoisotopic (exact) mass is 717 g/mol. The Labute approximate surface area is 323 Å². The molecule has 8 aromatic carbocycles. The Morgan fingerprint density at radius 1 is 0.464 bits per heavy atom. The zero-order valence-corrected chi connectivity index (χ0v) is 30.2. The first kappa shape index (κ1) is 32.0. The molecular formula is C51H33N4O-. The second-order valence-electron chi connectivity index (χ2n) is 14.2. The standard InChI is InChI=1S/C51H33N4O/c1-4-13-34(14-5-1)49-52-50(35-15-6-2-7-16-35)54-51(53-49)36-25-23-33(24-26-36)37-27-29-42-47(32-37)56-46-22-12-20-40(48(42)46)38-28-30-45-43(31-38)41-19-10-11-21-44(41)55(45)39-17-8-3-9-18-39/h1-32,49H/q-1. The molecule has 3 heterocycles. The summed E-state index contributed by atoms with van der Waals surface area (Å²) in [7, 11) is 0. The van der Waals surface area contributed by atoms with Gasteiger partial charge in [0.2, 0.25) is 0 Å². The van der Waals surface area contributed by atoms with E-state index in [1.807, 2.05) is 48.5 Å². The smallest absolute Gasteiger partial charge is 0.136 e. The summed E-state index contributed by atoms with van der Waals surface area (Å²) in [4.78, 5) is 9.85. The van der Waals surface area contributed by atoms with Gasteiger partial charge in [-0.2, -0.15) is 0 Å². The van der Waals surface area contributed by atoms with Crippen LogP contribution in [0.2, 0.25) is 0 Å². The van der Waals surface area contributed by atoms with E-state index in [1.54, 1.807) is 0 Å². The number of fused-ring (bicyclic) bond motifs is 6. The number of aliphatic imine (C=N–C) groups is 2. The Morgan fingerprint density at radius 3 is 1.96 bits per heavy atom. The first-order valence-electron chi connectivity index (χ1n) is 18.9. The van der Waals surface area contributed by atoms with E-state index in [0.717, 1.165) is 66.6 Å². The molecular weight excluding hydrogens is 685 g/mol. The maximum absolute atomic E-state index is 6.57. The maximum Gasteiger partial charge on any atom is 0.136 e. The summed E-state index contributed by atoms with van der Waals surface area (Å²) in [5.74, 6) is 1.35. The van der Waals surface area contributed by atoms with Crippen LogP contribution in [0.25, 0.3) is 77.0 Å². The fraction of sp³-hybridized carbons (Fsp3) is 0.0196. The van der Waals surface area contributed by atoms with Crippen LogP contribution < -0.4 is 0 Å². The molecule has 0 bridgehead atoms. The summed E-state index contributed by atoms with van der Waals surface area (Å²) in [5.41, 5.74) is 12.7. The number of para-hydroxylation sites is 2. The van der Waals surface area contributed by atoms with Crippen molar-refractivity contribution in [2.45, 2.75) is 6.17 Å². The van der Waals surface area contributed by atoms with Crippen molar-refractivity contribution in [3.63, 3.8) is 0 Å². The van der Waals surface area contributed by atoms with Crippen LogP contribution in [0.4, 0.5) is 0 Å². The minimum atomic E-state index is -0.365. The van der Waals surface area contributed by atoms with Crippen molar-refractivity contribution < 1.29 is 4.42 Å². The fourth-order valence-corrected chi connectivity index (χ4v) is 8.11. The molecule has 1 aliphatic rings. The molecule has 0 amide bonds. The molecule has 11 rings (SSSR count). The van der Waals surface area contributed by atoms with Crippen molar-refractivity contribution in [1.29, 1.82) is 0 Å². The predicted molar refractivity (Wildman–Crippen MR) is 231 cm³/mol. The summed E-state index contributed by atoms with van der Waals surface area (Å²) in [6.07, 6.45) is -0.365. The molecule has 0 saturated heterocycles. The minimum absolute atomic E-state index is 0.365. The third-order valence-corrected chi connectivity index (χ3v) is 10.8. The molecule has 264 valence electrons. The van der Waals surface area contributed by atoms with Gasteiger partial charge in [0.25, 0.3) is 0 Å². The van der Waals surface area contributed by atoms with Gasteiger partial charge in [-0.1, -0.05) is 151 Å². The van der Waals surface area contributed by atoms with E-state index >= 15 is 0 Å². The topological polar surface area (TPSA) is 56.9 Å². The maximum atomic E-state index is 6.57. The number of rotatable bonds is 6. The summed E-state index contributed by atoms with van der Waals surface area (Å²) < 4.78 is 8.92. The molecule has 0 radical (unpaired) electrons. The van der Waals surface area contributed by atoms with Gasteiger partial charge in [0.1, 0.15) is 11.2 Å². The van der Waals surface area contributed by atoms with Crippen molar-refractivity contribution in [2.75, 3.05) is 0 Å². The van der Waals surface area contributed by atoms with Gasteiger partial charge in [-0.05, 0) is 87.5 Å². The fourth-order valence-electron chi connectivity index (χ4n) is 8.11. The molecule has 1 unspecified atom stereocenters. The van der Waals surface area contributed by atoms with E-state index in [0.29, 0.717) is 11.7 Å². The third kappa shape index (κ3) is 5.40. The third-order valence-electron chi connectivity index (χ3n) is 10.8. The SMILES string of the molecule is c1ccc(C2=NC(c3ccccc3)[N-]C(c3ccc(-c4ccc5c(c4)oc4cccc(-c6ccc7c(c6)c6ccccc6n7-c6ccccc6)c45)cc3)=N2)cc1. The van der Waals surface area contributed by atoms with Crippen LogP contribution in [-0.2, 0) is 0 Å². The Hall–Kier alpha value is -7.50. The minimum Gasteiger partial charge on any atom is -0.456 e. The molecule has 0 saturated carbocycles. The highest BCUT2D eigenvalue weighted by Gasteiger charge is 2.18. The highest BCUT2D eigenvalue weighted by molar-refractivity contribution is 6.19. The number of nitrogens with zero attached hydrogens (tertiary/aromatic N) is 4. The van der Waals surface area contributed by atoms with Gasteiger partial charge in [0, 0.05) is 27.2 Å². The van der Waals surface area contributed by atoms with E-state index in [1.165, 1.54) is 21.8 Å². The lowest BCUT2D eigenvalue weighted by Gasteiger charge is -2.32. The Bertz CT molecular complexity index is 3140. The molecule has 0 N–H and O–H groups in total. The number of amidine groups is 2. The number of hydrogen-bond acceptors (Lipinski definition) is 3. The van der Waals surface area contributed by atoms with E-state index in [9.17, 15) is 0 Å². The molecule has 1 aliphatic heterocycles. The Morgan fingerprint density at radius 2 is 1.14 bits per heavy atom.